The quantitative estimate of drug-likeness (QED) is 0.501. The maximum Gasteiger partial charge on any atom is 0.266 e. The Labute approximate surface area is 157 Å². The number of aryl methyl sites for hydroxylation is 1. The third kappa shape index (κ3) is 3.41. The van der Waals surface area contributed by atoms with Gasteiger partial charge in [0.2, 0.25) is 0 Å². The molecule has 0 aliphatic carbocycles. The van der Waals surface area contributed by atoms with Crippen LogP contribution < -0.4 is 5.56 Å². The largest absolute Gasteiger partial charge is 0.377 e. The van der Waals surface area contributed by atoms with Crippen molar-refractivity contribution in [3.05, 3.63) is 64.4 Å². The highest BCUT2D eigenvalue weighted by Crippen LogP contribution is 2.25. The Morgan fingerprint density at radius 3 is 2.73 bits per heavy atom. The van der Waals surface area contributed by atoms with E-state index < -0.39 is 0 Å². The molecule has 4 nitrogen and oxygen atoms in total. The summed E-state index contributed by atoms with van der Waals surface area (Å²) in [5.74, 6) is 0.817. The third-order valence-corrected chi connectivity index (χ3v) is 5.84. The molecule has 134 valence electrons. The van der Waals surface area contributed by atoms with Gasteiger partial charge in [0.1, 0.15) is 0 Å². The number of rotatable bonds is 5. The zero-order chi connectivity index (χ0) is 17.9. The highest BCUT2D eigenvalue weighted by Gasteiger charge is 2.19. The first-order valence-corrected chi connectivity index (χ1v) is 10.1. The van der Waals surface area contributed by atoms with Crippen LogP contribution in [-0.4, -0.2) is 28.0 Å². The van der Waals surface area contributed by atoms with E-state index in [2.05, 4.69) is 19.1 Å². The minimum absolute atomic E-state index is 0.0188. The van der Waals surface area contributed by atoms with E-state index in [1.807, 2.05) is 36.4 Å². The second-order valence-electron chi connectivity index (χ2n) is 6.52. The van der Waals surface area contributed by atoms with Crippen LogP contribution in [0, 0.1) is 0 Å². The number of ether oxygens (including phenoxy) is 1. The molecule has 26 heavy (non-hydrogen) atoms. The average molecular weight is 366 g/mol. The predicted molar refractivity (Wildman–Crippen MR) is 106 cm³/mol. The van der Waals surface area contributed by atoms with E-state index in [-0.39, 0.29) is 11.7 Å². The van der Waals surface area contributed by atoms with Crippen molar-refractivity contribution < 1.29 is 4.74 Å². The van der Waals surface area contributed by atoms with E-state index in [9.17, 15) is 4.79 Å². The van der Waals surface area contributed by atoms with E-state index in [0.717, 1.165) is 48.0 Å². The Bertz CT molecular complexity index is 960. The number of hydrogen-bond donors (Lipinski definition) is 0. The van der Waals surface area contributed by atoms with E-state index >= 15 is 0 Å². The van der Waals surface area contributed by atoms with Crippen LogP contribution in [0.2, 0.25) is 0 Å². The van der Waals surface area contributed by atoms with Crippen molar-refractivity contribution in [1.82, 2.24) is 9.55 Å². The van der Waals surface area contributed by atoms with Crippen molar-refractivity contribution in [3.63, 3.8) is 0 Å². The van der Waals surface area contributed by atoms with Crippen LogP contribution >= 0.6 is 11.8 Å². The minimum atomic E-state index is -0.0188. The normalized spacial score (nSPS) is 17.0. The van der Waals surface area contributed by atoms with Gasteiger partial charge in [-0.1, -0.05) is 43.0 Å². The van der Waals surface area contributed by atoms with Crippen LogP contribution in [0.4, 0.5) is 0 Å². The first-order valence-electron chi connectivity index (χ1n) is 9.12. The molecule has 2 heterocycles. The zero-order valence-electron chi connectivity index (χ0n) is 14.9. The molecule has 0 saturated carbocycles. The van der Waals surface area contributed by atoms with Crippen LogP contribution in [0.1, 0.15) is 25.3 Å². The van der Waals surface area contributed by atoms with Gasteiger partial charge < -0.3 is 4.74 Å². The summed E-state index contributed by atoms with van der Waals surface area (Å²) in [4.78, 5) is 18.0. The molecule has 1 saturated heterocycles. The summed E-state index contributed by atoms with van der Waals surface area (Å²) < 4.78 is 7.47. The fraction of sp³-hybridized carbons (Fsp3) is 0.333. The van der Waals surface area contributed by atoms with Crippen molar-refractivity contribution in [2.75, 3.05) is 12.4 Å². The lowest BCUT2D eigenvalue weighted by molar-refractivity contribution is 0.129. The van der Waals surface area contributed by atoms with Gasteiger partial charge in [-0.2, -0.15) is 0 Å². The van der Waals surface area contributed by atoms with Crippen LogP contribution in [0.25, 0.3) is 16.6 Å². The first-order chi connectivity index (χ1) is 12.8. The number of fused-ring (bicyclic) bond motifs is 1. The number of thioether (sulfide) groups is 1. The summed E-state index contributed by atoms with van der Waals surface area (Å²) in [6.45, 7) is 2.96. The highest BCUT2D eigenvalue weighted by molar-refractivity contribution is 7.99. The molecule has 2 aromatic carbocycles. The number of aromatic nitrogens is 2. The van der Waals surface area contributed by atoms with Gasteiger partial charge in [0.15, 0.2) is 5.16 Å². The van der Waals surface area contributed by atoms with Crippen molar-refractivity contribution in [3.8, 4) is 5.69 Å². The molecular formula is C21H22N2O2S. The lowest BCUT2D eigenvalue weighted by Crippen LogP contribution is -2.22. The molecule has 0 bridgehead atoms. The summed E-state index contributed by atoms with van der Waals surface area (Å²) in [6, 6.07) is 15.7. The molecule has 5 heteroatoms. The Morgan fingerprint density at radius 2 is 2.00 bits per heavy atom. The van der Waals surface area contributed by atoms with Crippen molar-refractivity contribution in [2.24, 2.45) is 0 Å². The highest BCUT2D eigenvalue weighted by atomic mass is 32.2. The van der Waals surface area contributed by atoms with Gasteiger partial charge in [0.05, 0.1) is 22.7 Å². The molecule has 1 aliphatic rings. The third-order valence-electron chi connectivity index (χ3n) is 4.77. The molecule has 1 atom stereocenters. The molecule has 0 spiro atoms. The maximum absolute atomic E-state index is 13.2. The van der Waals surface area contributed by atoms with Gasteiger partial charge in [-0.05, 0) is 49.1 Å². The van der Waals surface area contributed by atoms with E-state index in [1.165, 1.54) is 5.56 Å². The maximum atomic E-state index is 13.2. The molecule has 1 fully saturated rings. The zero-order valence-corrected chi connectivity index (χ0v) is 15.7. The minimum Gasteiger partial charge on any atom is -0.377 e. The van der Waals surface area contributed by atoms with Crippen LogP contribution in [0.5, 0.6) is 0 Å². The van der Waals surface area contributed by atoms with Gasteiger partial charge in [-0.25, -0.2) is 4.98 Å². The molecule has 1 aromatic heterocycles. The Kier molecular flexibility index (Phi) is 5.09. The van der Waals surface area contributed by atoms with Gasteiger partial charge in [-0.3, -0.25) is 9.36 Å². The standard InChI is InChI=1S/C21H22N2O2S/c1-2-15-9-11-16(12-10-15)23-20(24)18-7-3-4-8-19(18)22-21(23)26-14-17-6-5-13-25-17/h3-4,7-12,17H,2,5-6,13-14H2,1H3/t17-/m1/s1. The fourth-order valence-electron chi connectivity index (χ4n) is 3.26. The average Bonchev–Trinajstić information content (AvgIpc) is 3.20. The van der Waals surface area contributed by atoms with Crippen molar-refractivity contribution in [2.45, 2.75) is 37.4 Å². The molecule has 0 radical (unpaired) electrons. The van der Waals surface area contributed by atoms with Gasteiger partial charge in [0.25, 0.3) is 5.56 Å². The Morgan fingerprint density at radius 1 is 1.19 bits per heavy atom. The molecule has 3 aromatic rings. The lowest BCUT2D eigenvalue weighted by atomic mass is 10.1. The molecular weight excluding hydrogens is 344 g/mol. The summed E-state index contributed by atoms with van der Waals surface area (Å²) >= 11 is 1.60. The molecule has 0 unspecified atom stereocenters. The number of nitrogens with zero attached hydrogens (tertiary/aromatic N) is 2. The van der Waals surface area contributed by atoms with Crippen LogP contribution in [-0.2, 0) is 11.2 Å². The summed E-state index contributed by atoms with van der Waals surface area (Å²) in [5.41, 5.74) is 2.84. The number of benzene rings is 2. The predicted octanol–water partition coefficient (Wildman–Crippen LogP) is 4.22. The molecule has 0 amide bonds. The van der Waals surface area contributed by atoms with Crippen molar-refractivity contribution >= 4 is 22.7 Å². The van der Waals surface area contributed by atoms with Gasteiger partial charge >= 0.3 is 0 Å². The summed E-state index contributed by atoms with van der Waals surface area (Å²) in [5, 5.41) is 1.38. The van der Waals surface area contributed by atoms with E-state index in [0.29, 0.717) is 5.39 Å². The van der Waals surface area contributed by atoms with E-state index in [1.54, 1.807) is 16.3 Å². The second kappa shape index (κ2) is 7.64. The second-order valence-corrected chi connectivity index (χ2v) is 7.51. The molecule has 1 aliphatic heterocycles. The van der Waals surface area contributed by atoms with E-state index in [4.69, 9.17) is 9.72 Å². The lowest BCUT2D eigenvalue weighted by Gasteiger charge is -2.15. The Balaban J connectivity index is 1.79. The topological polar surface area (TPSA) is 44.1 Å². The van der Waals surface area contributed by atoms with Crippen LogP contribution in [0.3, 0.4) is 0 Å². The first kappa shape index (κ1) is 17.3. The smallest absolute Gasteiger partial charge is 0.266 e. The summed E-state index contributed by atoms with van der Waals surface area (Å²) in [6.07, 6.45) is 3.42. The summed E-state index contributed by atoms with van der Waals surface area (Å²) in [7, 11) is 0. The number of para-hydroxylation sites is 1. The fourth-order valence-corrected chi connectivity index (χ4v) is 4.34. The van der Waals surface area contributed by atoms with Gasteiger partial charge in [0, 0.05) is 12.4 Å². The molecule has 0 N–H and O–H groups in total. The Hall–Kier alpha value is -2.11. The van der Waals surface area contributed by atoms with Crippen LogP contribution in [0.15, 0.2) is 58.5 Å². The number of hydrogen-bond acceptors (Lipinski definition) is 4. The SMILES string of the molecule is CCc1ccc(-n2c(SC[C@H]3CCCO3)nc3ccccc3c2=O)cc1. The van der Waals surface area contributed by atoms with Crippen molar-refractivity contribution in [1.29, 1.82) is 0 Å². The molecule has 4 rings (SSSR count). The monoisotopic (exact) mass is 366 g/mol. The van der Waals surface area contributed by atoms with Gasteiger partial charge in [-0.15, -0.1) is 0 Å².